The van der Waals surface area contributed by atoms with Gasteiger partial charge in [-0.2, -0.15) is 0 Å². The second kappa shape index (κ2) is 45.1. The molecule has 0 bridgehead atoms. The van der Waals surface area contributed by atoms with Gasteiger partial charge in [-0.3, -0.25) is 9.36 Å². The zero-order chi connectivity index (χ0) is 46.4. The van der Waals surface area contributed by atoms with Gasteiger partial charge in [-0.1, -0.05) is 209 Å². The fourth-order valence-electron chi connectivity index (χ4n) is 7.10. The fourth-order valence-corrected chi connectivity index (χ4v) is 7.82. The lowest BCUT2D eigenvalue weighted by Gasteiger charge is -2.29. The highest BCUT2D eigenvalue weighted by atomic mass is 31.2. The number of phosphoric acid groups is 1. The molecule has 0 aliphatic rings. The minimum absolute atomic E-state index is 0.00795. The van der Waals surface area contributed by atoms with E-state index in [2.05, 4.69) is 79.9 Å². The van der Waals surface area contributed by atoms with E-state index in [0.717, 1.165) is 64.2 Å². The van der Waals surface area contributed by atoms with Gasteiger partial charge in [0, 0.05) is 6.42 Å². The van der Waals surface area contributed by atoms with Crippen LogP contribution < -0.4 is 10.2 Å². The van der Waals surface area contributed by atoms with Gasteiger partial charge in [0.25, 0.3) is 7.82 Å². The zero-order valence-corrected chi connectivity index (χ0v) is 42.4. The van der Waals surface area contributed by atoms with E-state index in [1.165, 1.54) is 128 Å². The maximum atomic E-state index is 12.9. The lowest BCUT2D eigenvalue weighted by molar-refractivity contribution is -0.870. The van der Waals surface area contributed by atoms with Gasteiger partial charge in [-0.15, -0.1) is 0 Å². The fraction of sp³-hybridized carbons (Fsp3) is 0.759. The van der Waals surface area contributed by atoms with Crippen molar-refractivity contribution in [1.29, 1.82) is 0 Å². The number of quaternary nitrogens is 1. The van der Waals surface area contributed by atoms with Crippen LogP contribution in [0.3, 0.4) is 0 Å². The first kappa shape index (κ1) is 60.9. The summed E-state index contributed by atoms with van der Waals surface area (Å²) in [4.78, 5) is 25.3. The lowest BCUT2D eigenvalue weighted by Crippen LogP contribution is -2.45. The molecule has 8 nitrogen and oxygen atoms in total. The van der Waals surface area contributed by atoms with E-state index in [1.807, 2.05) is 27.2 Å². The number of aliphatic hydroxyl groups excluding tert-OH is 1. The predicted octanol–water partition coefficient (Wildman–Crippen LogP) is 14.5. The molecule has 3 atom stereocenters. The first-order chi connectivity index (χ1) is 30.5. The summed E-state index contributed by atoms with van der Waals surface area (Å²) >= 11 is 0. The molecule has 0 aliphatic heterocycles. The molecule has 0 heterocycles. The first-order valence-corrected chi connectivity index (χ1v) is 27.3. The molecule has 0 aliphatic carbocycles. The summed E-state index contributed by atoms with van der Waals surface area (Å²) in [7, 11) is 1.24. The number of allylic oxidation sites excluding steroid dienone is 11. The molecule has 63 heavy (non-hydrogen) atoms. The number of unbranched alkanes of at least 4 members (excludes halogenated alkanes) is 23. The van der Waals surface area contributed by atoms with Crippen LogP contribution in [0.25, 0.3) is 0 Å². The topological polar surface area (TPSA) is 108 Å². The molecule has 0 aromatic heterocycles. The van der Waals surface area contributed by atoms with Gasteiger partial charge in [0.15, 0.2) is 0 Å². The zero-order valence-electron chi connectivity index (χ0n) is 41.5. The van der Waals surface area contributed by atoms with Gasteiger partial charge in [-0.05, 0) is 70.6 Å². The SMILES string of the molecule is CC/C=C\C/C=C\C/C=C\C/C=C\CCCCCCCCCCCCCCCCCCCCC(=O)NC(COP(=O)([O-])OCC[N+](C)(C)C)C(O)/C=C/CC/C=C/CCCCCC. The minimum atomic E-state index is -4.60. The molecular weight excluding hydrogens is 804 g/mol. The third-order valence-corrected chi connectivity index (χ3v) is 12.1. The smallest absolute Gasteiger partial charge is 0.268 e. The van der Waals surface area contributed by atoms with Crippen molar-refractivity contribution in [3.63, 3.8) is 0 Å². The van der Waals surface area contributed by atoms with E-state index >= 15 is 0 Å². The predicted molar refractivity (Wildman–Crippen MR) is 270 cm³/mol. The average molecular weight is 903 g/mol. The lowest BCUT2D eigenvalue weighted by atomic mass is 10.0. The Morgan fingerprint density at radius 1 is 0.571 bits per heavy atom. The number of phosphoric ester groups is 1. The van der Waals surface area contributed by atoms with E-state index in [9.17, 15) is 19.4 Å². The van der Waals surface area contributed by atoms with Gasteiger partial charge in [0.05, 0.1) is 39.9 Å². The summed E-state index contributed by atoms with van der Waals surface area (Å²) in [6.45, 7) is 4.47. The molecule has 0 saturated carbocycles. The van der Waals surface area contributed by atoms with E-state index in [1.54, 1.807) is 6.08 Å². The summed E-state index contributed by atoms with van der Waals surface area (Å²) in [5, 5.41) is 13.7. The Bertz CT molecular complexity index is 1250. The van der Waals surface area contributed by atoms with E-state index < -0.39 is 26.6 Å². The Balaban J connectivity index is 4.04. The monoisotopic (exact) mass is 903 g/mol. The summed E-state index contributed by atoms with van der Waals surface area (Å²) in [6.07, 6.45) is 61.3. The average Bonchev–Trinajstić information content (AvgIpc) is 3.24. The number of nitrogens with one attached hydrogen (secondary N) is 1. The molecule has 0 fully saturated rings. The molecule has 0 aromatic carbocycles. The van der Waals surface area contributed by atoms with E-state index in [4.69, 9.17) is 9.05 Å². The van der Waals surface area contributed by atoms with Gasteiger partial charge < -0.3 is 28.8 Å². The maximum Gasteiger partial charge on any atom is 0.268 e. The number of likely N-dealkylation sites (N-methyl/N-ethyl adjacent to an activating group) is 1. The quantitative estimate of drug-likeness (QED) is 0.0273. The van der Waals surface area contributed by atoms with Gasteiger partial charge in [-0.25, -0.2) is 0 Å². The number of amides is 1. The molecule has 0 aromatic rings. The van der Waals surface area contributed by atoms with Crippen LogP contribution >= 0.6 is 7.82 Å². The number of hydrogen-bond acceptors (Lipinski definition) is 6. The molecule has 9 heteroatoms. The molecule has 0 spiro atoms. The second-order valence-electron chi connectivity index (χ2n) is 18.5. The van der Waals surface area contributed by atoms with Crippen LogP contribution in [0.15, 0.2) is 72.9 Å². The van der Waals surface area contributed by atoms with Crippen molar-refractivity contribution < 1.29 is 32.9 Å². The largest absolute Gasteiger partial charge is 0.756 e. The van der Waals surface area contributed by atoms with Gasteiger partial charge >= 0.3 is 0 Å². The molecule has 0 saturated heterocycles. The first-order valence-electron chi connectivity index (χ1n) is 25.8. The normalized spacial score (nSPS) is 14.7. The molecule has 366 valence electrons. The van der Waals surface area contributed by atoms with Crippen molar-refractivity contribution in [3.8, 4) is 0 Å². The number of rotatable bonds is 46. The Kier molecular flexibility index (Phi) is 43.6. The van der Waals surface area contributed by atoms with Gasteiger partial charge in [0.2, 0.25) is 5.91 Å². The Morgan fingerprint density at radius 3 is 1.48 bits per heavy atom. The Morgan fingerprint density at radius 2 is 0.984 bits per heavy atom. The van der Waals surface area contributed by atoms with Crippen LogP contribution in [-0.4, -0.2) is 68.5 Å². The van der Waals surface area contributed by atoms with Crippen LogP contribution in [-0.2, 0) is 18.4 Å². The van der Waals surface area contributed by atoms with Crippen LogP contribution in [0.2, 0.25) is 0 Å². The summed E-state index contributed by atoms with van der Waals surface area (Å²) in [5.74, 6) is -0.210. The second-order valence-corrected chi connectivity index (χ2v) is 19.9. The highest BCUT2D eigenvalue weighted by molar-refractivity contribution is 7.45. The molecule has 0 rings (SSSR count). The van der Waals surface area contributed by atoms with Crippen LogP contribution in [0.4, 0.5) is 0 Å². The molecular formula is C54H99N2O6P. The summed E-state index contributed by atoms with van der Waals surface area (Å²) in [5.41, 5.74) is 0. The third-order valence-electron chi connectivity index (χ3n) is 11.2. The van der Waals surface area contributed by atoms with Crippen molar-refractivity contribution >= 4 is 13.7 Å². The van der Waals surface area contributed by atoms with Crippen molar-refractivity contribution in [2.24, 2.45) is 0 Å². The molecule has 2 N–H and O–H groups in total. The summed E-state index contributed by atoms with van der Waals surface area (Å²) in [6, 6.07) is -0.903. The van der Waals surface area contributed by atoms with Crippen LogP contribution in [0, 0.1) is 0 Å². The number of nitrogens with zero attached hydrogens (tertiary/aromatic N) is 1. The standard InChI is InChI=1S/C54H99N2O6P/c1-6-8-10-12-14-16-18-19-20-21-22-23-24-25-26-27-28-29-30-31-32-33-34-35-36-37-38-40-42-44-46-48-54(58)55-52(51-62-63(59,60)61-50-49-56(3,4)5)53(57)47-45-43-41-39-17-15-13-11-9-7-2/h8,10,14,16-17,19-20,22-23,39,45,47,52-53,57H,6-7,9,11-13,15,18,21,24-38,40-44,46,48-51H2,1-5H3,(H-,55,58,59,60)/b10-8-,16-14-,20-19-,23-22-,39-17+,47-45+. The van der Waals surface area contributed by atoms with Gasteiger partial charge in [0.1, 0.15) is 13.2 Å². The molecule has 0 radical (unpaired) electrons. The van der Waals surface area contributed by atoms with Crippen molar-refractivity contribution in [2.75, 3.05) is 40.9 Å². The Hall–Kier alpha value is -2.06. The Labute approximate surface area is 389 Å². The van der Waals surface area contributed by atoms with E-state index in [-0.39, 0.29) is 12.5 Å². The number of hydrogen-bond donors (Lipinski definition) is 2. The molecule has 1 amide bonds. The van der Waals surface area contributed by atoms with Crippen molar-refractivity contribution in [3.05, 3.63) is 72.9 Å². The molecule has 3 unspecified atom stereocenters. The third kappa shape index (κ3) is 47.7. The van der Waals surface area contributed by atoms with Crippen molar-refractivity contribution in [1.82, 2.24) is 5.32 Å². The minimum Gasteiger partial charge on any atom is -0.756 e. The van der Waals surface area contributed by atoms with Crippen molar-refractivity contribution in [2.45, 2.75) is 225 Å². The number of aliphatic hydroxyl groups is 1. The van der Waals surface area contributed by atoms with Crippen LogP contribution in [0.1, 0.15) is 213 Å². The maximum absolute atomic E-state index is 12.9. The highest BCUT2D eigenvalue weighted by Crippen LogP contribution is 2.38. The number of carbonyl (C=O) groups is 1. The summed E-state index contributed by atoms with van der Waals surface area (Å²) < 4.78 is 23.2. The van der Waals surface area contributed by atoms with Crippen LogP contribution in [0.5, 0.6) is 0 Å². The highest BCUT2D eigenvalue weighted by Gasteiger charge is 2.23. The van der Waals surface area contributed by atoms with E-state index in [0.29, 0.717) is 17.4 Å². The number of carbonyl (C=O) groups excluding carboxylic acids is 1.